The summed E-state index contributed by atoms with van der Waals surface area (Å²) in [6, 6.07) is 0. The molecule has 5 N–H and O–H groups in total. The number of ether oxygens (including phenoxy) is 4. The van der Waals surface area contributed by atoms with Gasteiger partial charge >= 0.3 is 0 Å². The van der Waals surface area contributed by atoms with Crippen molar-refractivity contribution in [2.24, 2.45) is 0 Å². The molecule has 0 amide bonds. The second-order valence-electron chi connectivity index (χ2n) is 9.73. The molecule has 0 aromatic rings. The molecule has 3 rings (SSSR count). The van der Waals surface area contributed by atoms with Gasteiger partial charge in [0.05, 0.1) is 6.61 Å². The summed E-state index contributed by atoms with van der Waals surface area (Å²) in [5, 5.41) is 51.5. The molecular formula is C24H44O11. The van der Waals surface area contributed by atoms with E-state index in [1.54, 1.807) is 0 Å². The lowest BCUT2D eigenvalue weighted by Crippen LogP contribution is -2.66. The normalized spacial score (nSPS) is 39.6. The zero-order valence-corrected chi connectivity index (χ0v) is 20.7. The van der Waals surface area contributed by atoms with Gasteiger partial charge in [0.2, 0.25) is 0 Å². The Balaban J connectivity index is 1.38. The van der Waals surface area contributed by atoms with E-state index >= 15 is 0 Å². The molecule has 11 heteroatoms. The van der Waals surface area contributed by atoms with Gasteiger partial charge in [-0.05, 0) is 6.42 Å². The smallest absolute Gasteiger partial charge is 0.187 e. The van der Waals surface area contributed by atoms with Crippen molar-refractivity contribution >= 4 is 0 Å². The minimum atomic E-state index is -1.46. The predicted molar refractivity (Wildman–Crippen MR) is 122 cm³/mol. The fourth-order valence-electron chi connectivity index (χ4n) is 4.75. The average Bonchev–Trinajstić information content (AvgIpc) is 2.85. The Bertz CT molecular complexity index is 580. The third-order valence-electron chi connectivity index (χ3n) is 6.95. The molecule has 10 atom stereocenters. The van der Waals surface area contributed by atoms with Crippen LogP contribution in [0.5, 0.6) is 0 Å². The standard InChI is InChI=1S/C24H44O11/c1-2-3-4-5-6-7-8-9-10-11-12-30-23-19(28)18(27)21(15(13-25)32-23)34-24-20(29)22-17(26)16(33-24)14-31-35-22/h15-29H,2-14H2,1H3/t15-,16-,17-,18-,19-,20-,21-,22+,23-,24-/m1/s1. The fourth-order valence-corrected chi connectivity index (χ4v) is 4.75. The van der Waals surface area contributed by atoms with Gasteiger partial charge in [0, 0.05) is 6.61 Å². The summed E-state index contributed by atoms with van der Waals surface area (Å²) < 4.78 is 22.6. The molecule has 3 aliphatic rings. The molecule has 35 heavy (non-hydrogen) atoms. The monoisotopic (exact) mass is 508 g/mol. The molecule has 0 saturated carbocycles. The van der Waals surface area contributed by atoms with Crippen LogP contribution in [0, 0.1) is 0 Å². The van der Waals surface area contributed by atoms with Crippen molar-refractivity contribution in [3.05, 3.63) is 0 Å². The minimum absolute atomic E-state index is 0.0606. The molecular weight excluding hydrogens is 464 g/mol. The van der Waals surface area contributed by atoms with Gasteiger partial charge in [0.25, 0.3) is 0 Å². The summed E-state index contributed by atoms with van der Waals surface area (Å²) >= 11 is 0. The maximum Gasteiger partial charge on any atom is 0.187 e. The van der Waals surface area contributed by atoms with Crippen molar-refractivity contribution in [2.75, 3.05) is 19.8 Å². The molecule has 0 spiro atoms. The number of aliphatic hydroxyl groups excluding tert-OH is 5. The van der Waals surface area contributed by atoms with Crippen LogP contribution >= 0.6 is 0 Å². The van der Waals surface area contributed by atoms with E-state index in [1.165, 1.54) is 44.9 Å². The molecule has 0 aromatic heterocycles. The lowest BCUT2D eigenvalue weighted by atomic mass is 9.96. The van der Waals surface area contributed by atoms with Crippen molar-refractivity contribution in [1.29, 1.82) is 0 Å². The summed E-state index contributed by atoms with van der Waals surface area (Å²) in [6.07, 6.45) is -0.0426. The van der Waals surface area contributed by atoms with E-state index in [4.69, 9.17) is 28.7 Å². The lowest BCUT2D eigenvalue weighted by molar-refractivity contribution is -0.451. The Morgan fingerprint density at radius 2 is 1.40 bits per heavy atom. The third-order valence-corrected chi connectivity index (χ3v) is 6.95. The van der Waals surface area contributed by atoms with Crippen LogP contribution in [0.3, 0.4) is 0 Å². The van der Waals surface area contributed by atoms with Gasteiger partial charge in [-0.25, -0.2) is 9.78 Å². The average molecular weight is 509 g/mol. The van der Waals surface area contributed by atoms with E-state index in [0.717, 1.165) is 19.3 Å². The Morgan fingerprint density at radius 3 is 2.06 bits per heavy atom. The number of fused-ring (bicyclic) bond motifs is 2. The summed E-state index contributed by atoms with van der Waals surface area (Å²) in [6.45, 7) is 2.01. The van der Waals surface area contributed by atoms with Crippen LogP contribution < -0.4 is 0 Å². The molecule has 0 aliphatic carbocycles. The van der Waals surface area contributed by atoms with Crippen LogP contribution in [0.2, 0.25) is 0 Å². The van der Waals surface area contributed by atoms with Crippen LogP contribution in [0.1, 0.15) is 71.1 Å². The van der Waals surface area contributed by atoms with E-state index in [0.29, 0.717) is 6.61 Å². The molecule has 0 unspecified atom stereocenters. The summed E-state index contributed by atoms with van der Waals surface area (Å²) in [4.78, 5) is 9.77. The van der Waals surface area contributed by atoms with Gasteiger partial charge in [-0.3, -0.25) is 0 Å². The number of unbranched alkanes of at least 4 members (excludes halogenated alkanes) is 9. The van der Waals surface area contributed by atoms with E-state index in [9.17, 15) is 25.5 Å². The quantitative estimate of drug-likeness (QED) is 0.155. The van der Waals surface area contributed by atoms with Crippen LogP contribution in [0.15, 0.2) is 0 Å². The number of aliphatic hydroxyl groups is 5. The van der Waals surface area contributed by atoms with Gasteiger partial charge in [-0.15, -0.1) is 0 Å². The first-order valence-corrected chi connectivity index (χ1v) is 13.2. The highest BCUT2D eigenvalue weighted by Crippen LogP contribution is 2.32. The highest BCUT2D eigenvalue weighted by Gasteiger charge is 2.53. The third kappa shape index (κ3) is 8.02. The second kappa shape index (κ2) is 15.1. The van der Waals surface area contributed by atoms with E-state index in [1.807, 2.05) is 0 Å². The minimum Gasteiger partial charge on any atom is -0.394 e. The van der Waals surface area contributed by atoms with Gasteiger partial charge in [0.1, 0.15) is 49.3 Å². The second-order valence-corrected chi connectivity index (χ2v) is 9.73. The number of rotatable bonds is 15. The highest BCUT2D eigenvalue weighted by atomic mass is 17.2. The first kappa shape index (κ1) is 29.1. The topological polar surface area (TPSA) is 157 Å². The van der Waals surface area contributed by atoms with E-state index < -0.39 is 68.0 Å². The van der Waals surface area contributed by atoms with Crippen molar-refractivity contribution in [1.82, 2.24) is 0 Å². The van der Waals surface area contributed by atoms with Gasteiger partial charge < -0.3 is 44.5 Å². The summed E-state index contributed by atoms with van der Waals surface area (Å²) in [7, 11) is 0. The zero-order chi connectivity index (χ0) is 25.2. The van der Waals surface area contributed by atoms with Gasteiger partial charge in [-0.2, -0.15) is 0 Å². The van der Waals surface area contributed by atoms with Crippen molar-refractivity contribution in [3.8, 4) is 0 Å². The fraction of sp³-hybridized carbons (Fsp3) is 1.00. The Morgan fingerprint density at radius 1 is 0.743 bits per heavy atom. The van der Waals surface area contributed by atoms with Crippen molar-refractivity contribution < 1.29 is 54.3 Å². The van der Waals surface area contributed by atoms with E-state index in [2.05, 4.69) is 6.92 Å². The van der Waals surface area contributed by atoms with Crippen LogP contribution in [0.4, 0.5) is 0 Å². The maximum absolute atomic E-state index is 10.7. The van der Waals surface area contributed by atoms with Crippen LogP contribution in [-0.2, 0) is 28.7 Å². The predicted octanol–water partition coefficient (Wildman–Crippen LogP) is 0.525. The molecule has 3 heterocycles. The van der Waals surface area contributed by atoms with Crippen molar-refractivity contribution in [3.63, 3.8) is 0 Å². The SMILES string of the molecule is CCCCCCCCCCCCO[C@@H]1O[C@H](CO)[C@@H](O[C@H]2O[C@@H]3COO[C@H]([C@H]2O)[C@@H]3O)[C@H](O)[C@H]1O. The lowest BCUT2D eigenvalue weighted by Gasteiger charge is -2.47. The zero-order valence-electron chi connectivity index (χ0n) is 20.7. The van der Waals surface area contributed by atoms with Gasteiger partial charge in [0.15, 0.2) is 18.7 Å². The Labute approximate surface area is 207 Å². The largest absolute Gasteiger partial charge is 0.394 e. The number of hydrogen-bond donors (Lipinski definition) is 5. The molecule has 3 fully saturated rings. The highest BCUT2D eigenvalue weighted by molar-refractivity contribution is 4.95. The molecule has 206 valence electrons. The Kier molecular flexibility index (Phi) is 12.6. The summed E-state index contributed by atoms with van der Waals surface area (Å²) in [5.74, 6) is 0. The molecule has 3 saturated heterocycles. The van der Waals surface area contributed by atoms with Gasteiger partial charge in [-0.1, -0.05) is 64.7 Å². The van der Waals surface area contributed by atoms with E-state index in [-0.39, 0.29) is 6.61 Å². The molecule has 2 bridgehead atoms. The van der Waals surface area contributed by atoms with Crippen LogP contribution in [-0.4, -0.2) is 107 Å². The van der Waals surface area contributed by atoms with Crippen LogP contribution in [0.25, 0.3) is 0 Å². The molecule has 0 radical (unpaired) electrons. The van der Waals surface area contributed by atoms with Crippen molar-refractivity contribution in [2.45, 2.75) is 133 Å². The Hall–Kier alpha value is -0.440. The molecule has 3 aliphatic heterocycles. The maximum atomic E-state index is 10.7. The number of hydrogen-bond acceptors (Lipinski definition) is 11. The first-order valence-electron chi connectivity index (χ1n) is 13.2. The molecule has 0 aromatic carbocycles. The first-order chi connectivity index (χ1) is 17.0. The molecule has 11 nitrogen and oxygen atoms in total. The summed E-state index contributed by atoms with van der Waals surface area (Å²) in [5.41, 5.74) is 0.